The number of hydrogen-bond acceptors (Lipinski definition) is 16. The number of phosphoric acid groups is 2. The third-order valence-corrected chi connectivity index (χ3v) is 12.9. The number of anilines is 2. The molecular formula is C52H38F2N14O8P2. The molecule has 2 aliphatic heterocycles. The summed E-state index contributed by atoms with van der Waals surface area (Å²) >= 11 is 0. The van der Waals surface area contributed by atoms with E-state index < -0.39 is 15.6 Å². The number of fused-ring (bicyclic) bond motifs is 4. The number of aromatic nitrogens is 12. The molecule has 0 radical (unpaired) electrons. The zero-order valence-electron chi connectivity index (χ0n) is 40.3. The molecule has 0 amide bonds. The van der Waals surface area contributed by atoms with Crippen LogP contribution in [0, 0.1) is 35.3 Å². The highest BCUT2D eigenvalue weighted by Gasteiger charge is 2.24. The van der Waals surface area contributed by atoms with Gasteiger partial charge in [0.25, 0.3) is 0 Å². The van der Waals surface area contributed by atoms with E-state index in [-0.39, 0.29) is 25.1 Å². The monoisotopic (exact) mass is 1090 g/mol. The highest BCUT2D eigenvalue weighted by molar-refractivity contribution is 7.46. The predicted octanol–water partition coefficient (Wildman–Crippen LogP) is 6.82. The minimum atomic E-state index is -4.61. The number of benzene rings is 4. The van der Waals surface area contributed by atoms with Crippen molar-refractivity contribution in [3.8, 4) is 46.7 Å². The molecule has 12 rings (SSSR count). The van der Waals surface area contributed by atoms with Crippen LogP contribution in [0.15, 0.2) is 134 Å². The zero-order valence-corrected chi connectivity index (χ0v) is 42.1. The van der Waals surface area contributed by atoms with E-state index in [0.29, 0.717) is 94.7 Å². The van der Waals surface area contributed by atoms with Gasteiger partial charge in [0.05, 0.1) is 17.2 Å². The molecule has 388 valence electrons. The molecule has 8 heterocycles. The molecule has 0 saturated carbocycles. The van der Waals surface area contributed by atoms with Crippen LogP contribution < -0.4 is 9.80 Å². The first-order chi connectivity index (χ1) is 37.6. The molecule has 4 N–H and O–H groups in total. The SMILES string of the molecule is O=P(O)(O)OCn1cc2cc(C#Cc3ccnc(-c4ccnc(N5Cc6ccc(F)cc6C5)n4)n3)ccc2n1.O=P(O)(O)OCn1ncc2cc(C#Cc3ccnc(-c4ccnc(N5Cc6ccc(F)cc6C5)n4)n3)ccc21. The third-order valence-electron chi connectivity index (χ3n) is 12.0. The maximum Gasteiger partial charge on any atom is 0.471 e. The average molecular weight is 1090 g/mol. The second kappa shape index (κ2) is 21.5. The lowest BCUT2D eigenvalue weighted by Crippen LogP contribution is -2.17. The summed E-state index contributed by atoms with van der Waals surface area (Å²) in [5, 5.41) is 9.79. The Morgan fingerprint density at radius 2 is 1.05 bits per heavy atom. The highest BCUT2D eigenvalue weighted by Crippen LogP contribution is 2.37. The fraction of sp³-hybridized carbons (Fsp3) is 0.115. The minimum absolute atomic E-state index is 0.264. The van der Waals surface area contributed by atoms with Gasteiger partial charge in [-0.05, 0) is 119 Å². The summed E-state index contributed by atoms with van der Waals surface area (Å²) in [5.41, 5.74) is 8.65. The maximum absolute atomic E-state index is 13.6. The molecule has 10 aromatic rings. The zero-order chi connectivity index (χ0) is 54.0. The molecule has 4 aromatic carbocycles. The van der Waals surface area contributed by atoms with Crippen LogP contribution in [-0.4, -0.2) is 79.0 Å². The van der Waals surface area contributed by atoms with Crippen molar-refractivity contribution in [1.82, 2.24) is 59.4 Å². The van der Waals surface area contributed by atoms with Crippen molar-refractivity contribution in [2.75, 3.05) is 9.80 Å². The van der Waals surface area contributed by atoms with Crippen LogP contribution in [-0.2, 0) is 57.8 Å². The molecule has 0 fully saturated rings. The Balaban J connectivity index is 0.000000165. The van der Waals surface area contributed by atoms with E-state index >= 15 is 0 Å². The van der Waals surface area contributed by atoms with Gasteiger partial charge in [-0.2, -0.15) is 10.2 Å². The normalized spacial score (nSPS) is 12.8. The van der Waals surface area contributed by atoms with Gasteiger partial charge in [0.15, 0.2) is 25.1 Å². The van der Waals surface area contributed by atoms with Crippen molar-refractivity contribution >= 4 is 49.3 Å². The van der Waals surface area contributed by atoms with Crippen molar-refractivity contribution in [1.29, 1.82) is 0 Å². The van der Waals surface area contributed by atoms with Crippen molar-refractivity contribution < 1.29 is 46.5 Å². The molecule has 22 nitrogen and oxygen atoms in total. The first-order valence-corrected chi connectivity index (χ1v) is 26.4. The molecule has 0 unspecified atom stereocenters. The van der Waals surface area contributed by atoms with Crippen molar-refractivity contribution in [3.05, 3.63) is 191 Å². The van der Waals surface area contributed by atoms with E-state index in [4.69, 9.17) is 19.6 Å². The van der Waals surface area contributed by atoms with E-state index in [1.807, 2.05) is 21.9 Å². The Bertz CT molecular complexity index is 4020. The minimum Gasteiger partial charge on any atom is -0.332 e. The summed E-state index contributed by atoms with van der Waals surface area (Å²) in [6.07, 6.45) is 9.68. The van der Waals surface area contributed by atoms with Gasteiger partial charge in [-0.3, -0.25) is 9.05 Å². The summed E-state index contributed by atoms with van der Waals surface area (Å²) in [5.74, 6) is 13.5. The standard InChI is InChI=1S/2C26H19FN7O4P/c27-21-4-3-18-14-33(15-20(18)12-21)26-29-10-8-23(32-26)25-28-9-7-22(31-25)5-1-17-2-6-24-19(11-17)13-30-34(24)16-38-39(35,36)37;27-21-4-3-18-13-33(14-19(18)12-21)26-29-10-8-24(31-26)25-28-9-7-22(30-25)5-1-17-2-6-23-20(11-17)15-34(32-23)16-38-39(35,36)37/h2-4,6-13H,14-16H2,(H2,35,36,37);2-4,6-12,15H,13-14,16H2,(H2,35,36,37). The van der Waals surface area contributed by atoms with Gasteiger partial charge in [0.2, 0.25) is 11.9 Å². The molecule has 0 aliphatic carbocycles. The lowest BCUT2D eigenvalue weighted by atomic mass is 10.1. The molecule has 0 spiro atoms. The fourth-order valence-electron chi connectivity index (χ4n) is 8.39. The second-order valence-electron chi connectivity index (χ2n) is 17.4. The van der Waals surface area contributed by atoms with Crippen LogP contribution >= 0.6 is 15.6 Å². The van der Waals surface area contributed by atoms with Crippen molar-refractivity contribution in [3.63, 3.8) is 0 Å². The molecule has 2 aliphatic rings. The van der Waals surface area contributed by atoms with E-state index in [1.54, 1.807) is 97.8 Å². The number of halogens is 2. The van der Waals surface area contributed by atoms with Crippen LogP contribution in [0.4, 0.5) is 20.7 Å². The summed E-state index contributed by atoms with van der Waals surface area (Å²) in [7, 11) is -9.20. The van der Waals surface area contributed by atoms with Crippen LogP contribution in [0.3, 0.4) is 0 Å². The van der Waals surface area contributed by atoms with Gasteiger partial charge in [0, 0.05) is 79.1 Å². The largest absolute Gasteiger partial charge is 0.471 e. The Morgan fingerprint density at radius 3 is 1.62 bits per heavy atom. The fourth-order valence-corrected chi connectivity index (χ4v) is 8.92. The van der Waals surface area contributed by atoms with Gasteiger partial charge < -0.3 is 29.4 Å². The summed E-state index contributed by atoms with van der Waals surface area (Å²) < 4.78 is 60.7. The number of nitrogens with zero attached hydrogens (tertiary/aromatic N) is 14. The predicted molar refractivity (Wildman–Crippen MR) is 276 cm³/mol. The quantitative estimate of drug-likeness (QED) is 0.0807. The maximum atomic E-state index is 13.6. The molecule has 26 heteroatoms. The Labute approximate surface area is 440 Å². The van der Waals surface area contributed by atoms with E-state index in [1.165, 1.54) is 33.6 Å². The van der Waals surface area contributed by atoms with Crippen LogP contribution in [0.25, 0.3) is 44.8 Å². The highest BCUT2D eigenvalue weighted by atomic mass is 31.2. The smallest absolute Gasteiger partial charge is 0.332 e. The number of rotatable bonds is 10. The molecule has 0 atom stereocenters. The summed E-state index contributed by atoms with van der Waals surface area (Å²) in [6.45, 7) is 1.46. The number of hydrogen-bond donors (Lipinski definition) is 4. The second-order valence-corrected chi connectivity index (χ2v) is 19.9. The Morgan fingerprint density at radius 1 is 0.538 bits per heavy atom. The lowest BCUT2D eigenvalue weighted by Gasteiger charge is -2.15. The van der Waals surface area contributed by atoms with Gasteiger partial charge in [0.1, 0.15) is 34.4 Å². The Kier molecular flexibility index (Phi) is 14.1. The van der Waals surface area contributed by atoms with Crippen LogP contribution in [0.5, 0.6) is 0 Å². The molecule has 6 aromatic heterocycles. The van der Waals surface area contributed by atoms with Gasteiger partial charge in [-0.25, -0.2) is 67.1 Å². The molecule has 0 bridgehead atoms. The molecule has 0 saturated heterocycles. The van der Waals surface area contributed by atoms with Crippen molar-refractivity contribution in [2.24, 2.45) is 0 Å². The third kappa shape index (κ3) is 12.3. The first kappa shape index (κ1) is 51.1. The van der Waals surface area contributed by atoms with E-state index in [2.05, 4.69) is 82.8 Å². The van der Waals surface area contributed by atoms with E-state index in [9.17, 15) is 17.9 Å². The van der Waals surface area contributed by atoms with Crippen LogP contribution in [0.1, 0.15) is 44.8 Å². The topological polar surface area (TPSA) is 279 Å². The van der Waals surface area contributed by atoms with Gasteiger partial charge in [-0.1, -0.05) is 24.0 Å². The van der Waals surface area contributed by atoms with Crippen molar-refractivity contribution in [2.45, 2.75) is 39.6 Å². The van der Waals surface area contributed by atoms with Gasteiger partial charge >= 0.3 is 15.6 Å². The number of phosphoric ester groups is 2. The Hall–Kier alpha value is -9.06. The first-order valence-electron chi connectivity index (χ1n) is 23.3. The molecule has 78 heavy (non-hydrogen) atoms. The van der Waals surface area contributed by atoms with Gasteiger partial charge in [-0.15, -0.1) is 0 Å². The summed E-state index contributed by atoms with van der Waals surface area (Å²) in [6, 6.07) is 27.1. The van der Waals surface area contributed by atoms with Crippen LogP contribution in [0.2, 0.25) is 0 Å². The lowest BCUT2D eigenvalue weighted by molar-refractivity contribution is 0.145. The average Bonchev–Trinajstić information content (AvgIpc) is 4.28. The summed E-state index contributed by atoms with van der Waals surface area (Å²) in [4.78, 5) is 75.3. The van der Waals surface area contributed by atoms with E-state index in [0.717, 1.165) is 33.0 Å². The molecular weight excluding hydrogens is 1050 g/mol.